The summed E-state index contributed by atoms with van der Waals surface area (Å²) in [5, 5.41) is 0. The number of allylic oxidation sites excluding steroid dienone is 4. The number of hydrogen-bond donors (Lipinski definition) is 0. The summed E-state index contributed by atoms with van der Waals surface area (Å²) in [4.78, 5) is 20.5. The van der Waals surface area contributed by atoms with Crippen LogP contribution in [0.4, 0.5) is 4.39 Å². The Morgan fingerprint density at radius 2 is 2.30 bits per heavy atom. The lowest BCUT2D eigenvalue weighted by atomic mass is 10.0. The van der Waals surface area contributed by atoms with Gasteiger partial charge in [-0.15, -0.1) is 0 Å². The highest BCUT2D eigenvalue weighted by Crippen LogP contribution is 2.10. The lowest BCUT2D eigenvalue weighted by Crippen LogP contribution is -2.18. The fraction of sp³-hybridized carbons (Fsp3) is 0.143. The predicted octanol–water partition coefficient (Wildman–Crippen LogP) is 0.589. The number of halogens is 1. The van der Waals surface area contributed by atoms with Crippen molar-refractivity contribution in [3.8, 4) is 0 Å². The van der Waals surface area contributed by atoms with Crippen LogP contribution in [-0.2, 0) is 9.59 Å². The lowest BCUT2D eigenvalue weighted by molar-refractivity contribution is -0.119. The number of carbonyl (C=O) groups excluding carboxylic acids is 2. The van der Waals surface area contributed by atoms with Crippen molar-refractivity contribution in [1.29, 1.82) is 0 Å². The molecule has 3 heteroatoms. The summed E-state index contributed by atoms with van der Waals surface area (Å²) >= 11 is 0. The van der Waals surface area contributed by atoms with Gasteiger partial charge in [-0.05, 0) is 6.08 Å². The van der Waals surface area contributed by atoms with E-state index in [-0.39, 0.29) is 5.57 Å². The Morgan fingerprint density at radius 3 is 2.80 bits per heavy atom. The van der Waals surface area contributed by atoms with E-state index in [1.807, 2.05) is 0 Å². The number of rotatable bonds is 1. The van der Waals surface area contributed by atoms with Gasteiger partial charge in [0, 0.05) is 5.57 Å². The molecule has 0 bridgehead atoms. The van der Waals surface area contributed by atoms with Crippen LogP contribution in [0.25, 0.3) is 0 Å². The molecule has 0 aromatic heterocycles. The van der Waals surface area contributed by atoms with E-state index < -0.39 is 12.0 Å². The van der Waals surface area contributed by atoms with Gasteiger partial charge in [-0.3, -0.25) is 9.59 Å². The van der Waals surface area contributed by atoms with Crippen LogP contribution in [0.5, 0.6) is 0 Å². The van der Waals surface area contributed by atoms with Crippen molar-refractivity contribution in [2.24, 2.45) is 0 Å². The summed E-state index contributed by atoms with van der Waals surface area (Å²) in [5.74, 6) is -0.662. The van der Waals surface area contributed by atoms with Gasteiger partial charge < -0.3 is 0 Å². The zero-order valence-electron chi connectivity index (χ0n) is 5.08. The molecule has 0 saturated heterocycles. The van der Waals surface area contributed by atoms with E-state index >= 15 is 0 Å². The molecule has 1 atom stereocenters. The van der Waals surface area contributed by atoms with E-state index in [4.69, 9.17) is 0 Å². The molecule has 10 heavy (non-hydrogen) atoms. The number of hydrogen-bond acceptors (Lipinski definition) is 2. The molecule has 0 amide bonds. The largest absolute Gasteiger partial charge is 0.298 e. The molecule has 1 rings (SSSR count). The molecular weight excluding hydrogens is 135 g/mol. The van der Waals surface area contributed by atoms with E-state index in [9.17, 15) is 14.0 Å². The quantitative estimate of drug-likeness (QED) is 0.499. The molecule has 0 heterocycles. The van der Waals surface area contributed by atoms with E-state index in [1.54, 1.807) is 0 Å². The van der Waals surface area contributed by atoms with Gasteiger partial charge in [0.15, 0.2) is 12.0 Å². The average Bonchev–Trinajstić information content (AvgIpc) is 1.95. The van der Waals surface area contributed by atoms with Crippen LogP contribution in [0.3, 0.4) is 0 Å². The van der Waals surface area contributed by atoms with E-state index in [2.05, 4.69) is 0 Å². The van der Waals surface area contributed by atoms with Crippen molar-refractivity contribution in [3.05, 3.63) is 23.8 Å². The number of aldehydes is 1. The Bertz CT molecular complexity index is 228. The highest BCUT2D eigenvalue weighted by atomic mass is 19.1. The molecule has 0 fully saturated rings. The van der Waals surface area contributed by atoms with Crippen molar-refractivity contribution in [1.82, 2.24) is 0 Å². The maximum absolute atomic E-state index is 12.5. The van der Waals surface area contributed by atoms with Gasteiger partial charge in [0.2, 0.25) is 0 Å². The van der Waals surface area contributed by atoms with Gasteiger partial charge in [0.25, 0.3) is 0 Å². The second-order valence-corrected chi connectivity index (χ2v) is 1.91. The minimum atomic E-state index is -1.75. The van der Waals surface area contributed by atoms with Crippen molar-refractivity contribution in [3.63, 3.8) is 0 Å². The fourth-order valence-electron chi connectivity index (χ4n) is 0.686. The zero-order chi connectivity index (χ0) is 7.56. The number of ketones is 1. The Hall–Kier alpha value is -1.25. The Balaban J connectivity index is 2.91. The first kappa shape index (κ1) is 6.86. The molecule has 0 spiro atoms. The Kier molecular flexibility index (Phi) is 1.76. The summed E-state index contributed by atoms with van der Waals surface area (Å²) in [6.07, 6.45) is 2.37. The van der Waals surface area contributed by atoms with Gasteiger partial charge in [0.1, 0.15) is 6.29 Å². The second kappa shape index (κ2) is 2.56. The SMILES string of the molecule is O=CC1=CC=CC(=O)C1F. The van der Waals surface area contributed by atoms with Gasteiger partial charge in [-0.2, -0.15) is 0 Å². The first-order valence-corrected chi connectivity index (χ1v) is 2.77. The summed E-state index contributed by atoms with van der Waals surface area (Å²) in [6.45, 7) is 0. The third-order valence-corrected chi connectivity index (χ3v) is 1.23. The van der Waals surface area contributed by atoms with E-state index in [0.29, 0.717) is 6.29 Å². The number of alkyl halides is 1. The van der Waals surface area contributed by atoms with Crippen LogP contribution < -0.4 is 0 Å². The topological polar surface area (TPSA) is 34.1 Å². The van der Waals surface area contributed by atoms with Crippen LogP contribution in [-0.4, -0.2) is 18.2 Å². The maximum Gasteiger partial charge on any atom is 0.194 e. The average molecular weight is 140 g/mol. The highest BCUT2D eigenvalue weighted by molar-refractivity contribution is 6.02. The molecule has 52 valence electrons. The van der Waals surface area contributed by atoms with Gasteiger partial charge in [-0.1, -0.05) is 12.2 Å². The van der Waals surface area contributed by atoms with Gasteiger partial charge >= 0.3 is 0 Å². The van der Waals surface area contributed by atoms with Crippen LogP contribution in [0.15, 0.2) is 23.8 Å². The van der Waals surface area contributed by atoms with Gasteiger partial charge in [-0.25, -0.2) is 4.39 Å². The maximum atomic E-state index is 12.5. The molecule has 0 N–H and O–H groups in total. The Morgan fingerprint density at radius 1 is 1.60 bits per heavy atom. The summed E-state index contributed by atoms with van der Waals surface area (Å²) in [6, 6.07) is 0. The van der Waals surface area contributed by atoms with E-state index in [1.165, 1.54) is 12.2 Å². The van der Waals surface area contributed by atoms with Crippen LogP contribution in [0, 0.1) is 0 Å². The smallest absolute Gasteiger partial charge is 0.194 e. The molecular formula is C7H5FO2. The Labute approximate surface area is 57.0 Å². The minimum Gasteiger partial charge on any atom is -0.298 e. The third kappa shape index (κ3) is 1.03. The zero-order valence-corrected chi connectivity index (χ0v) is 5.08. The molecule has 0 aromatic carbocycles. The number of carbonyl (C=O) groups is 2. The van der Waals surface area contributed by atoms with Crippen LogP contribution in [0.1, 0.15) is 0 Å². The van der Waals surface area contributed by atoms with Crippen molar-refractivity contribution < 1.29 is 14.0 Å². The standard InChI is InChI=1S/C7H5FO2/c8-7-5(4-9)2-1-3-6(7)10/h1-4,7H. The van der Waals surface area contributed by atoms with Crippen LogP contribution >= 0.6 is 0 Å². The normalized spacial score (nSPS) is 24.3. The summed E-state index contributed by atoms with van der Waals surface area (Å²) in [7, 11) is 0. The van der Waals surface area contributed by atoms with Crippen molar-refractivity contribution in [2.75, 3.05) is 0 Å². The molecule has 1 aliphatic carbocycles. The predicted molar refractivity (Wildman–Crippen MR) is 33.2 cm³/mol. The van der Waals surface area contributed by atoms with Crippen LogP contribution in [0.2, 0.25) is 0 Å². The van der Waals surface area contributed by atoms with Gasteiger partial charge in [0.05, 0.1) is 0 Å². The highest BCUT2D eigenvalue weighted by Gasteiger charge is 2.20. The third-order valence-electron chi connectivity index (χ3n) is 1.23. The molecule has 1 unspecified atom stereocenters. The van der Waals surface area contributed by atoms with Crippen molar-refractivity contribution in [2.45, 2.75) is 6.17 Å². The van der Waals surface area contributed by atoms with E-state index in [0.717, 1.165) is 6.08 Å². The van der Waals surface area contributed by atoms with Crippen molar-refractivity contribution >= 4 is 12.1 Å². The monoisotopic (exact) mass is 140 g/mol. The molecule has 0 aromatic rings. The second-order valence-electron chi connectivity index (χ2n) is 1.91. The first-order valence-electron chi connectivity index (χ1n) is 2.77. The molecule has 0 radical (unpaired) electrons. The fourth-order valence-corrected chi connectivity index (χ4v) is 0.686. The molecule has 1 aliphatic rings. The lowest BCUT2D eigenvalue weighted by Gasteiger charge is -2.05. The summed E-state index contributed by atoms with van der Waals surface area (Å²) < 4.78 is 12.5. The summed E-state index contributed by atoms with van der Waals surface area (Å²) in [5.41, 5.74) is -0.104. The minimum absolute atomic E-state index is 0.104. The molecule has 0 saturated carbocycles. The first-order chi connectivity index (χ1) is 4.75. The molecule has 2 nitrogen and oxygen atoms in total. The molecule has 0 aliphatic heterocycles.